The average Bonchev–Trinajstić information content (AvgIpc) is 3.21. The smallest absolute Gasteiger partial charge is 0.377 e. The van der Waals surface area contributed by atoms with Crippen LogP contribution < -0.4 is 5.32 Å². The van der Waals surface area contributed by atoms with Gasteiger partial charge < -0.3 is 15.0 Å². The predicted molar refractivity (Wildman–Crippen MR) is 117 cm³/mol. The Hall–Kier alpha value is -3.54. The maximum absolute atomic E-state index is 12.9. The van der Waals surface area contributed by atoms with Crippen molar-refractivity contribution in [3.63, 3.8) is 0 Å². The van der Waals surface area contributed by atoms with Gasteiger partial charge in [0.15, 0.2) is 0 Å². The molecule has 180 valence electrons. The summed E-state index contributed by atoms with van der Waals surface area (Å²) in [6, 6.07) is 6.08. The summed E-state index contributed by atoms with van der Waals surface area (Å²) in [7, 11) is 0. The van der Waals surface area contributed by atoms with Gasteiger partial charge in [0.05, 0.1) is 31.5 Å². The SMILES string of the molecule is Cc1cc(Nc2nccc(C(F)(F)F)n2)cc(-c2cn(CC(=O)N3[C@H](C)COC[C@@H]3C)nn2)c1. The summed E-state index contributed by atoms with van der Waals surface area (Å²) < 4.78 is 45.8. The first kappa shape index (κ1) is 23.6. The number of rotatable bonds is 5. The van der Waals surface area contributed by atoms with Crippen LogP contribution in [0.1, 0.15) is 25.1 Å². The Morgan fingerprint density at radius 2 is 1.94 bits per heavy atom. The lowest BCUT2D eigenvalue weighted by Gasteiger charge is -2.38. The molecule has 2 aromatic heterocycles. The highest BCUT2D eigenvalue weighted by Crippen LogP contribution is 2.29. The van der Waals surface area contributed by atoms with Crippen molar-refractivity contribution in [2.45, 2.75) is 45.6 Å². The lowest BCUT2D eigenvalue weighted by molar-refractivity contribution is -0.145. The van der Waals surface area contributed by atoms with E-state index in [4.69, 9.17) is 4.74 Å². The molecule has 12 heteroatoms. The second-order valence-corrected chi connectivity index (χ2v) is 8.31. The third-order valence-electron chi connectivity index (χ3n) is 5.37. The van der Waals surface area contributed by atoms with Crippen LogP contribution in [0.15, 0.2) is 36.7 Å². The highest BCUT2D eigenvalue weighted by Gasteiger charge is 2.33. The average molecular weight is 475 g/mol. The lowest BCUT2D eigenvalue weighted by Crippen LogP contribution is -2.53. The largest absolute Gasteiger partial charge is 0.433 e. The molecular weight excluding hydrogens is 451 g/mol. The zero-order valence-electron chi connectivity index (χ0n) is 18.9. The van der Waals surface area contributed by atoms with E-state index in [9.17, 15) is 18.0 Å². The summed E-state index contributed by atoms with van der Waals surface area (Å²) in [6.07, 6.45) is -1.86. The molecule has 1 aliphatic rings. The highest BCUT2D eigenvalue weighted by molar-refractivity contribution is 5.77. The number of aryl methyl sites for hydroxylation is 1. The van der Waals surface area contributed by atoms with Crippen LogP contribution in [0.2, 0.25) is 0 Å². The summed E-state index contributed by atoms with van der Waals surface area (Å²) in [5, 5.41) is 11.1. The number of morpholine rings is 1. The van der Waals surface area contributed by atoms with Crippen LogP contribution in [0.3, 0.4) is 0 Å². The fourth-order valence-electron chi connectivity index (χ4n) is 3.93. The van der Waals surface area contributed by atoms with Gasteiger partial charge in [-0.3, -0.25) is 4.79 Å². The molecule has 3 heterocycles. The van der Waals surface area contributed by atoms with E-state index in [1.807, 2.05) is 26.8 Å². The molecule has 4 rings (SSSR count). The minimum absolute atomic E-state index is 0.0253. The van der Waals surface area contributed by atoms with Gasteiger partial charge >= 0.3 is 6.18 Å². The number of hydrogen-bond acceptors (Lipinski definition) is 7. The predicted octanol–water partition coefficient (Wildman–Crippen LogP) is 3.44. The van der Waals surface area contributed by atoms with E-state index < -0.39 is 11.9 Å². The Morgan fingerprint density at radius 3 is 2.65 bits per heavy atom. The van der Waals surface area contributed by atoms with Crippen molar-refractivity contribution < 1.29 is 22.7 Å². The third kappa shape index (κ3) is 5.33. The van der Waals surface area contributed by atoms with E-state index in [1.54, 1.807) is 23.2 Å². The molecule has 9 nitrogen and oxygen atoms in total. The molecule has 1 saturated heterocycles. The Bertz CT molecular complexity index is 1170. The van der Waals surface area contributed by atoms with Gasteiger partial charge in [-0.1, -0.05) is 5.21 Å². The number of aromatic nitrogens is 5. The van der Waals surface area contributed by atoms with Crippen LogP contribution in [-0.4, -0.2) is 61.1 Å². The minimum atomic E-state index is -4.57. The summed E-state index contributed by atoms with van der Waals surface area (Å²) >= 11 is 0. The number of anilines is 2. The number of carbonyl (C=O) groups excluding carboxylic acids is 1. The second-order valence-electron chi connectivity index (χ2n) is 8.31. The fraction of sp³-hybridized carbons (Fsp3) is 0.409. The number of carbonyl (C=O) groups is 1. The maximum Gasteiger partial charge on any atom is 0.433 e. The van der Waals surface area contributed by atoms with Crippen molar-refractivity contribution in [3.05, 3.63) is 47.9 Å². The van der Waals surface area contributed by atoms with Crippen molar-refractivity contribution in [1.82, 2.24) is 29.9 Å². The first-order chi connectivity index (χ1) is 16.1. The number of ether oxygens (including phenoxy) is 1. The summed E-state index contributed by atoms with van der Waals surface area (Å²) in [4.78, 5) is 22.0. The van der Waals surface area contributed by atoms with Crippen LogP contribution in [0.5, 0.6) is 0 Å². The van der Waals surface area contributed by atoms with E-state index in [0.717, 1.165) is 17.8 Å². The van der Waals surface area contributed by atoms with Gasteiger partial charge in [0, 0.05) is 17.4 Å². The molecule has 0 bridgehead atoms. The number of nitrogens with zero attached hydrogens (tertiary/aromatic N) is 6. The van der Waals surface area contributed by atoms with Crippen molar-refractivity contribution in [3.8, 4) is 11.3 Å². The molecule has 0 radical (unpaired) electrons. The first-order valence-corrected chi connectivity index (χ1v) is 10.7. The topological polar surface area (TPSA) is 98.1 Å². The number of amides is 1. The summed E-state index contributed by atoms with van der Waals surface area (Å²) in [6.45, 7) is 6.75. The molecule has 34 heavy (non-hydrogen) atoms. The Balaban J connectivity index is 1.51. The molecule has 3 aromatic rings. The molecule has 0 spiro atoms. The Morgan fingerprint density at radius 1 is 1.21 bits per heavy atom. The summed E-state index contributed by atoms with van der Waals surface area (Å²) in [5.74, 6) is -0.248. The van der Waals surface area contributed by atoms with Gasteiger partial charge in [0.25, 0.3) is 0 Å². The molecule has 0 unspecified atom stereocenters. The molecule has 0 saturated carbocycles. The summed E-state index contributed by atoms with van der Waals surface area (Å²) in [5.41, 5.74) is 1.51. The first-order valence-electron chi connectivity index (χ1n) is 10.7. The van der Waals surface area contributed by atoms with E-state index in [0.29, 0.717) is 30.2 Å². The van der Waals surface area contributed by atoms with Crippen LogP contribution in [0.25, 0.3) is 11.3 Å². The standard InChI is InChI=1S/C22H24F3N7O2/c1-13-6-16(8-17(7-13)27-21-26-5-4-19(28-21)22(23,24)25)18-9-31(30-29-18)10-20(33)32-14(2)11-34-12-15(32)3/h4-9,14-15H,10-12H2,1-3H3,(H,26,27,28)/t14-,15+. The highest BCUT2D eigenvalue weighted by atomic mass is 19.4. The van der Waals surface area contributed by atoms with E-state index in [1.165, 1.54) is 4.68 Å². The number of halogens is 3. The molecule has 2 atom stereocenters. The van der Waals surface area contributed by atoms with Crippen molar-refractivity contribution in [2.24, 2.45) is 0 Å². The third-order valence-corrected chi connectivity index (χ3v) is 5.37. The number of nitrogens with one attached hydrogen (secondary N) is 1. The molecule has 1 aliphatic heterocycles. The van der Waals surface area contributed by atoms with Gasteiger partial charge in [-0.05, 0) is 50.6 Å². The molecule has 1 fully saturated rings. The molecule has 1 amide bonds. The van der Waals surface area contributed by atoms with Crippen LogP contribution in [-0.2, 0) is 22.3 Å². The van der Waals surface area contributed by atoms with Gasteiger partial charge in [-0.25, -0.2) is 14.6 Å². The van der Waals surface area contributed by atoms with Crippen molar-refractivity contribution in [2.75, 3.05) is 18.5 Å². The lowest BCUT2D eigenvalue weighted by atomic mass is 10.1. The maximum atomic E-state index is 12.9. The normalized spacial score (nSPS) is 18.7. The van der Waals surface area contributed by atoms with Crippen molar-refractivity contribution in [1.29, 1.82) is 0 Å². The molecule has 0 aliphatic carbocycles. The van der Waals surface area contributed by atoms with Crippen LogP contribution >= 0.6 is 0 Å². The molecule has 1 aromatic carbocycles. The zero-order valence-corrected chi connectivity index (χ0v) is 18.9. The van der Waals surface area contributed by atoms with E-state index in [-0.39, 0.29) is 30.5 Å². The van der Waals surface area contributed by atoms with Gasteiger partial charge in [-0.2, -0.15) is 13.2 Å². The fourth-order valence-corrected chi connectivity index (χ4v) is 3.93. The van der Waals surface area contributed by atoms with Gasteiger partial charge in [0.1, 0.15) is 17.9 Å². The van der Waals surface area contributed by atoms with Crippen molar-refractivity contribution >= 4 is 17.5 Å². The van der Waals surface area contributed by atoms with E-state index >= 15 is 0 Å². The number of benzene rings is 1. The van der Waals surface area contributed by atoms with E-state index in [2.05, 4.69) is 25.6 Å². The van der Waals surface area contributed by atoms with Crippen LogP contribution in [0, 0.1) is 6.92 Å². The molecular formula is C22H24F3N7O2. The number of alkyl halides is 3. The Labute approximate surface area is 194 Å². The second kappa shape index (κ2) is 9.37. The molecule has 1 N–H and O–H groups in total. The Kier molecular flexibility index (Phi) is 6.51. The minimum Gasteiger partial charge on any atom is -0.377 e. The quantitative estimate of drug-likeness (QED) is 0.604. The number of hydrogen-bond donors (Lipinski definition) is 1. The van der Waals surface area contributed by atoms with Crippen LogP contribution in [0.4, 0.5) is 24.8 Å². The van der Waals surface area contributed by atoms with Gasteiger partial charge in [-0.15, -0.1) is 5.10 Å². The monoisotopic (exact) mass is 475 g/mol. The zero-order chi connectivity index (χ0) is 24.5. The van der Waals surface area contributed by atoms with Gasteiger partial charge in [0.2, 0.25) is 11.9 Å².